The first-order valence-corrected chi connectivity index (χ1v) is 8.85. The maximum Gasteiger partial charge on any atom is 0.241 e. The van der Waals surface area contributed by atoms with Crippen molar-refractivity contribution in [2.75, 3.05) is 0 Å². The largest absolute Gasteiger partial charge is 0.366 e. The van der Waals surface area contributed by atoms with E-state index in [4.69, 9.17) is 5.73 Å². The molecule has 3 heterocycles. The highest BCUT2D eigenvalue weighted by Crippen LogP contribution is 2.23. The number of rotatable bonds is 5. The van der Waals surface area contributed by atoms with Gasteiger partial charge in [-0.25, -0.2) is 9.97 Å². The number of nitrogens with zero attached hydrogens (tertiary/aromatic N) is 3. The standard InChI is InChI=1S/C19H13N5O2S/c20-16(25)6-5-13-7-22-19-17(13)24-14(8-23-19)11-1-3-12(4-2-11)18(26)15-9-21-10-27-15/h1-10H,(H2,20,25)(H,22,23). The van der Waals surface area contributed by atoms with Crippen LogP contribution in [-0.2, 0) is 4.79 Å². The lowest BCUT2D eigenvalue weighted by molar-refractivity contribution is -0.113. The Labute approximate surface area is 157 Å². The van der Waals surface area contributed by atoms with E-state index in [1.807, 2.05) is 12.1 Å². The van der Waals surface area contributed by atoms with E-state index in [1.165, 1.54) is 17.4 Å². The molecule has 0 radical (unpaired) electrons. The molecule has 0 aliphatic rings. The lowest BCUT2D eigenvalue weighted by atomic mass is 10.1. The maximum absolute atomic E-state index is 12.4. The zero-order valence-corrected chi connectivity index (χ0v) is 14.7. The van der Waals surface area contributed by atoms with E-state index < -0.39 is 5.91 Å². The first-order chi connectivity index (χ1) is 13.1. The van der Waals surface area contributed by atoms with Gasteiger partial charge < -0.3 is 10.7 Å². The Hall–Kier alpha value is -3.65. The van der Waals surface area contributed by atoms with E-state index in [-0.39, 0.29) is 5.78 Å². The van der Waals surface area contributed by atoms with Crippen LogP contribution in [0.2, 0.25) is 0 Å². The number of aromatic nitrogens is 4. The highest BCUT2D eigenvalue weighted by Gasteiger charge is 2.12. The molecular weight excluding hydrogens is 362 g/mol. The van der Waals surface area contributed by atoms with Crippen molar-refractivity contribution < 1.29 is 9.59 Å². The number of hydrogen-bond donors (Lipinski definition) is 2. The number of carbonyl (C=O) groups excluding carboxylic acids is 2. The summed E-state index contributed by atoms with van der Waals surface area (Å²) in [6, 6.07) is 7.17. The number of ketones is 1. The van der Waals surface area contributed by atoms with Crippen LogP contribution in [0.5, 0.6) is 0 Å². The SMILES string of the molecule is NC(=O)C=Cc1c[nH]c2ncc(-c3ccc(C(=O)c4cncs4)cc3)nc12. The van der Waals surface area contributed by atoms with Crippen LogP contribution in [0, 0.1) is 0 Å². The average Bonchev–Trinajstić information content (AvgIpc) is 3.35. The summed E-state index contributed by atoms with van der Waals surface area (Å²) in [6.07, 6.45) is 7.80. The number of nitrogens with one attached hydrogen (secondary N) is 1. The molecule has 0 unspecified atom stereocenters. The molecule has 27 heavy (non-hydrogen) atoms. The van der Waals surface area contributed by atoms with Crippen molar-refractivity contribution in [3.63, 3.8) is 0 Å². The van der Waals surface area contributed by atoms with Gasteiger partial charge in [-0.3, -0.25) is 14.6 Å². The molecule has 0 spiro atoms. The van der Waals surface area contributed by atoms with Crippen LogP contribution >= 0.6 is 11.3 Å². The molecule has 0 bridgehead atoms. The topological polar surface area (TPSA) is 115 Å². The van der Waals surface area contributed by atoms with Crippen molar-refractivity contribution in [2.45, 2.75) is 0 Å². The number of aromatic amines is 1. The van der Waals surface area contributed by atoms with Gasteiger partial charge in [0.25, 0.3) is 0 Å². The Bertz CT molecular complexity index is 1160. The third kappa shape index (κ3) is 3.38. The normalized spacial score (nSPS) is 11.3. The Morgan fingerprint density at radius 1 is 1.15 bits per heavy atom. The first kappa shape index (κ1) is 16.8. The molecule has 0 saturated carbocycles. The van der Waals surface area contributed by atoms with E-state index in [2.05, 4.69) is 19.9 Å². The smallest absolute Gasteiger partial charge is 0.241 e. The zero-order valence-electron chi connectivity index (χ0n) is 13.9. The lowest BCUT2D eigenvalue weighted by Crippen LogP contribution is -2.05. The van der Waals surface area contributed by atoms with Crippen LogP contribution in [0.25, 0.3) is 28.5 Å². The number of hydrogen-bond acceptors (Lipinski definition) is 6. The van der Waals surface area contributed by atoms with Crippen molar-refractivity contribution in [3.8, 4) is 11.3 Å². The summed E-state index contributed by atoms with van der Waals surface area (Å²) in [5.41, 5.74) is 10.8. The highest BCUT2D eigenvalue weighted by molar-refractivity contribution is 7.11. The molecule has 7 nitrogen and oxygen atoms in total. The molecule has 1 amide bonds. The Balaban J connectivity index is 1.67. The average molecular weight is 375 g/mol. The minimum atomic E-state index is -0.533. The minimum absolute atomic E-state index is 0.0601. The fraction of sp³-hybridized carbons (Fsp3) is 0. The number of fused-ring (bicyclic) bond motifs is 1. The van der Waals surface area contributed by atoms with Crippen molar-refractivity contribution in [1.82, 2.24) is 19.9 Å². The summed E-state index contributed by atoms with van der Waals surface area (Å²) < 4.78 is 0. The van der Waals surface area contributed by atoms with E-state index in [0.717, 1.165) is 11.1 Å². The van der Waals surface area contributed by atoms with Crippen molar-refractivity contribution in [2.24, 2.45) is 5.73 Å². The second-order valence-corrected chi connectivity index (χ2v) is 6.59. The Kier molecular flexibility index (Phi) is 4.31. The molecule has 4 rings (SSSR count). The number of primary amides is 1. The van der Waals surface area contributed by atoms with Gasteiger partial charge in [-0.05, 0) is 6.08 Å². The van der Waals surface area contributed by atoms with Gasteiger partial charge in [0, 0.05) is 35.2 Å². The van der Waals surface area contributed by atoms with Gasteiger partial charge in [-0.1, -0.05) is 24.3 Å². The van der Waals surface area contributed by atoms with Gasteiger partial charge in [0.05, 0.1) is 22.3 Å². The molecule has 8 heteroatoms. The molecule has 0 saturated heterocycles. The van der Waals surface area contributed by atoms with Crippen LogP contribution in [0.4, 0.5) is 0 Å². The van der Waals surface area contributed by atoms with Crippen LogP contribution in [0.15, 0.2) is 54.4 Å². The Morgan fingerprint density at radius 3 is 2.67 bits per heavy atom. The number of benzene rings is 1. The summed E-state index contributed by atoms with van der Waals surface area (Å²) in [5, 5.41) is 0. The maximum atomic E-state index is 12.4. The second-order valence-electron chi connectivity index (χ2n) is 5.70. The van der Waals surface area contributed by atoms with Crippen LogP contribution in [0.1, 0.15) is 20.8 Å². The molecule has 1 aromatic carbocycles. The summed E-state index contributed by atoms with van der Waals surface area (Å²) in [6.45, 7) is 0. The lowest BCUT2D eigenvalue weighted by Gasteiger charge is -2.03. The highest BCUT2D eigenvalue weighted by atomic mass is 32.1. The molecule has 4 aromatic rings. The number of nitrogens with two attached hydrogens (primary N) is 1. The number of thiazole rings is 1. The van der Waals surface area contributed by atoms with E-state index in [0.29, 0.717) is 27.3 Å². The third-order valence-electron chi connectivity index (χ3n) is 3.94. The third-order valence-corrected chi connectivity index (χ3v) is 4.71. The molecule has 0 fully saturated rings. The summed E-state index contributed by atoms with van der Waals surface area (Å²) >= 11 is 1.31. The molecular formula is C19H13N5O2S. The predicted molar refractivity (Wildman–Crippen MR) is 103 cm³/mol. The predicted octanol–water partition coefficient (Wildman–Crippen LogP) is 2.81. The first-order valence-electron chi connectivity index (χ1n) is 7.97. The van der Waals surface area contributed by atoms with Crippen molar-refractivity contribution >= 4 is 40.3 Å². The van der Waals surface area contributed by atoms with Crippen LogP contribution < -0.4 is 5.73 Å². The molecule has 0 aliphatic carbocycles. The van der Waals surface area contributed by atoms with Gasteiger partial charge in [-0.2, -0.15) is 0 Å². The molecule has 132 valence electrons. The van der Waals surface area contributed by atoms with E-state index in [1.54, 1.807) is 42.3 Å². The number of H-pyrrole nitrogens is 1. The molecule has 0 aliphatic heterocycles. The fourth-order valence-corrected chi connectivity index (χ4v) is 3.19. The fourth-order valence-electron chi connectivity index (χ4n) is 2.61. The quantitative estimate of drug-likeness (QED) is 0.411. The van der Waals surface area contributed by atoms with Crippen LogP contribution in [0.3, 0.4) is 0 Å². The second kappa shape index (κ2) is 6.93. The number of amides is 1. The van der Waals surface area contributed by atoms with Gasteiger partial charge in [0.15, 0.2) is 5.65 Å². The summed E-state index contributed by atoms with van der Waals surface area (Å²) in [7, 11) is 0. The molecule has 0 atom stereocenters. The Morgan fingerprint density at radius 2 is 1.96 bits per heavy atom. The monoisotopic (exact) mass is 375 g/mol. The zero-order chi connectivity index (χ0) is 18.8. The van der Waals surface area contributed by atoms with E-state index >= 15 is 0 Å². The van der Waals surface area contributed by atoms with Gasteiger partial charge in [0.1, 0.15) is 5.52 Å². The van der Waals surface area contributed by atoms with Crippen molar-refractivity contribution in [3.05, 3.63) is 70.4 Å². The van der Waals surface area contributed by atoms with Gasteiger partial charge in [0.2, 0.25) is 11.7 Å². The van der Waals surface area contributed by atoms with E-state index in [9.17, 15) is 9.59 Å². The molecule has 3 aromatic heterocycles. The molecule has 3 N–H and O–H groups in total. The van der Waals surface area contributed by atoms with Crippen molar-refractivity contribution in [1.29, 1.82) is 0 Å². The number of carbonyl (C=O) groups is 2. The minimum Gasteiger partial charge on any atom is -0.366 e. The summed E-state index contributed by atoms with van der Waals surface area (Å²) in [5.74, 6) is -0.593. The van der Waals surface area contributed by atoms with Gasteiger partial charge >= 0.3 is 0 Å². The van der Waals surface area contributed by atoms with Gasteiger partial charge in [-0.15, -0.1) is 11.3 Å². The van der Waals surface area contributed by atoms with Crippen LogP contribution in [-0.4, -0.2) is 31.6 Å². The summed E-state index contributed by atoms with van der Waals surface area (Å²) in [4.78, 5) is 39.8.